The zero-order chi connectivity index (χ0) is 38.2. The van der Waals surface area contributed by atoms with Gasteiger partial charge in [0.1, 0.15) is 11.2 Å². The highest BCUT2D eigenvalue weighted by atomic mass is 28.3. The van der Waals surface area contributed by atoms with Crippen LogP contribution in [0.25, 0.3) is 77.1 Å². The molecule has 0 saturated heterocycles. The van der Waals surface area contributed by atoms with Gasteiger partial charge in [-0.1, -0.05) is 133 Å². The van der Waals surface area contributed by atoms with E-state index >= 15 is 0 Å². The summed E-state index contributed by atoms with van der Waals surface area (Å²) in [5.74, 6) is 0. The molecule has 272 valence electrons. The molecule has 5 heterocycles. The van der Waals surface area contributed by atoms with Crippen molar-refractivity contribution in [2.24, 2.45) is 0 Å². The molecule has 7 aromatic carbocycles. The first-order valence-corrected chi connectivity index (χ1v) is 21.7. The zero-order valence-corrected chi connectivity index (χ0v) is 32.3. The topological polar surface area (TPSA) is 48.8 Å². The summed E-state index contributed by atoms with van der Waals surface area (Å²) in [4.78, 5) is 10.3. The van der Waals surface area contributed by atoms with Crippen molar-refractivity contribution in [3.8, 4) is 11.4 Å². The molecule has 0 radical (unpaired) electrons. The average Bonchev–Trinajstić information content (AvgIpc) is 3.96. The van der Waals surface area contributed by atoms with E-state index in [1.807, 2.05) is 24.5 Å². The minimum absolute atomic E-state index is 0.895. The maximum Gasteiger partial charge on any atom is 0.201 e. The third-order valence-electron chi connectivity index (χ3n) is 12.0. The van der Waals surface area contributed by atoms with Crippen molar-refractivity contribution in [2.45, 2.75) is 0 Å². The maximum absolute atomic E-state index is 6.66. The van der Waals surface area contributed by atoms with E-state index in [4.69, 9.17) is 14.4 Å². The van der Waals surface area contributed by atoms with Gasteiger partial charge in [0.15, 0.2) is 5.58 Å². The van der Waals surface area contributed by atoms with Gasteiger partial charge in [0, 0.05) is 49.5 Å². The van der Waals surface area contributed by atoms with E-state index in [0.717, 1.165) is 66.2 Å². The number of fused-ring (bicyclic) bond motifs is 10. The normalized spacial score (nSPS) is 12.1. The van der Waals surface area contributed by atoms with Crippen LogP contribution in [0.3, 0.4) is 0 Å². The van der Waals surface area contributed by atoms with E-state index in [9.17, 15) is 0 Å². The molecule has 0 saturated carbocycles. The summed E-state index contributed by atoms with van der Waals surface area (Å²) < 4.78 is 11.3. The molecule has 0 unspecified atom stereocenters. The minimum Gasteiger partial charge on any atom is -0.454 e. The monoisotopic (exact) mass is 758 g/mol. The van der Waals surface area contributed by atoms with Crippen LogP contribution in [0.4, 0.5) is 0 Å². The summed E-state index contributed by atoms with van der Waals surface area (Å²) >= 11 is 0. The Hall–Kier alpha value is -7.54. The van der Waals surface area contributed by atoms with Crippen LogP contribution in [0.5, 0.6) is 0 Å². The zero-order valence-electron chi connectivity index (χ0n) is 31.3. The van der Waals surface area contributed by atoms with Crippen LogP contribution >= 0.6 is 0 Å². The number of nitrogens with zero attached hydrogens (tertiary/aromatic N) is 4. The quantitative estimate of drug-likeness (QED) is 0.125. The number of hydrogen-bond acceptors (Lipinski definition) is 3. The summed E-state index contributed by atoms with van der Waals surface area (Å²) in [5, 5.41) is 11.8. The molecule has 12 aromatic rings. The van der Waals surface area contributed by atoms with E-state index in [1.165, 1.54) is 31.7 Å². The molecule has 12 rings (SSSR count). The van der Waals surface area contributed by atoms with Crippen LogP contribution in [0.2, 0.25) is 0 Å². The van der Waals surface area contributed by atoms with E-state index in [1.54, 1.807) is 0 Å². The summed E-state index contributed by atoms with van der Waals surface area (Å²) in [7, 11) is -2.96. The van der Waals surface area contributed by atoms with Crippen LogP contribution in [-0.2, 0) is 0 Å². The fraction of sp³-hybridized carbons (Fsp3) is 0. The molecule has 5 nitrogen and oxygen atoms in total. The summed E-state index contributed by atoms with van der Waals surface area (Å²) in [5.41, 5.74) is 8.11. The van der Waals surface area contributed by atoms with Crippen LogP contribution < -0.4 is 20.9 Å². The first-order chi connectivity index (χ1) is 28.8. The highest BCUT2D eigenvalue weighted by Gasteiger charge is 2.43. The second-order valence-corrected chi connectivity index (χ2v) is 18.7. The standard InChI is InChI=1S/C52H34N4OSi/c1-3-14-37(15-4-1)58(38-16-5-2-6-17-38,49-32-27-36(34-54-49)56-47-23-11-8-19-41(47)45-21-13-33-53-52(45)56)39-28-25-35(26-29-39)55-46-22-10-7-18-40(46)43-30-31-44-42-20-9-12-24-48(42)57-51(44)50(43)55/h1-34H. The second kappa shape index (κ2) is 12.7. The predicted octanol–water partition coefficient (Wildman–Crippen LogP) is 9.95. The van der Waals surface area contributed by atoms with Gasteiger partial charge < -0.3 is 8.98 Å². The largest absolute Gasteiger partial charge is 0.454 e. The molecule has 0 atom stereocenters. The van der Waals surface area contributed by atoms with Crippen molar-refractivity contribution >= 4 is 94.6 Å². The lowest BCUT2D eigenvalue weighted by molar-refractivity contribution is 0.671. The van der Waals surface area contributed by atoms with Crippen LogP contribution in [-0.4, -0.2) is 27.2 Å². The Morgan fingerprint density at radius 1 is 0.397 bits per heavy atom. The van der Waals surface area contributed by atoms with Gasteiger partial charge in [0.05, 0.1) is 28.4 Å². The number of rotatable bonds is 6. The first-order valence-electron chi connectivity index (χ1n) is 19.7. The Morgan fingerprint density at radius 2 is 0.966 bits per heavy atom. The summed E-state index contributed by atoms with van der Waals surface area (Å²) in [6.45, 7) is 0. The van der Waals surface area contributed by atoms with E-state index < -0.39 is 8.07 Å². The minimum atomic E-state index is -2.96. The lowest BCUT2D eigenvalue weighted by atomic mass is 10.1. The van der Waals surface area contributed by atoms with Gasteiger partial charge in [-0.05, 0) is 76.2 Å². The van der Waals surface area contributed by atoms with Gasteiger partial charge >= 0.3 is 0 Å². The number of aromatic nitrogens is 4. The highest BCUT2D eigenvalue weighted by Crippen LogP contribution is 2.40. The lowest BCUT2D eigenvalue weighted by Gasteiger charge is -2.33. The van der Waals surface area contributed by atoms with Gasteiger partial charge in [0.25, 0.3) is 0 Å². The van der Waals surface area contributed by atoms with Gasteiger partial charge in [-0.2, -0.15) is 0 Å². The maximum atomic E-state index is 6.66. The molecule has 0 aliphatic heterocycles. The molecular weight excluding hydrogens is 725 g/mol. The second-order valence-electron chi connectivity index (χ2n) is 14.9. The molecular formula is C52H34N4OSi. The molecule has 0 fully saturated rings. The molecule has 6 heteroatoms. The smallest absolute Gasteiger partial charge is 0.201 e. The lowest BCUT2D eigenvalue weighted by Crippen LogP contribution is -2.75. The highest BCUT2D eigenvalue weighted by molar-refractivity contribution is 7.19. The molecule has 58 heavy (non-hydrogen) atoms. The average molecular weight is 759 g/mol. The Kier molecular flexibility index (Phi) is 7.18. The van der Waals surface area contributed by atoms with E-state index in [-0.39, 0.29) is 0 Å². The molecule has 0 N–H and O–H groups in total. The fourth-order valence-electron chi connectivity index (χ4n) is 9.48. The van der Waals surface area contributed by atoms with Crippen LogP contribution in [0.15, 0.2) is 211 Å². The molecule has 0 spiro atoms. The van der Waals surface area contributed by atoms with Gasteiger partial charge in [0.2, 0.25) is 8.07 Å². The van der Waals surface area contributed by atoms with Crippen molar-refractivity contribution in [1.82, 2.24) is 19.1 Å². The Balaban J connectivity index is 1.08. The van der Waals surface area contributed by atoms with E-state index in [0.29, 0.717) is 0 Å². The van der Waals surface area contributed by atoms with Crippen molar-refractivity contribution < 1.29 is 4.42 Å². The van der Waals surface area contributed by atoms with Crippen LogP contribution in [0.1, 0.15) is 0 Å². The number of para-hydroxylation sites is 3. The molecule has 5 aromatic heterocycles. The molecule has 0 aliphatic rings. The van der Waals surface area contributed by atoms with E-state index in [2.05, 4.69) is 191 Å². The number of benzene rings is 7. The first kappa shape index (κ1) is 32.7. The van der Waals surface area contributed by atoms with Gasteiger partial charge in [-0.25, -0.2) is 4.98 Å². The van der Waals surface area contributed by atoms with Crippen molar-refractivity contribution in [3.05, 3.63) is 207 Å². The SMILES string of the molecule is c1ccc([Si](c2ccccc2)(c2ccc(-n3c4ccccc4c4ccc5c6ccccc6oc5c43)cc2)c2ccc(-n3c4ccccc4c4cccnc43)cn2)cc1. The Morgan fingerprint density at radius 3 is 1.67 bits per heavy atom. The van der Waals surface area contributed by atoms with Crippen molar-refractivity contribution in [2.75, 3.05) is 0 Å². The molecule has 0 amide bonds. The third kappa shape index (κ3) is 4.63. The molecule has 0 aliphatic carbocycles. The molecule has 0 bridgehead atoms. The van der Waals surface area contributed by atoms with Crippen LogP contribution in [0, 0.1) is 0 Å². The Bertz CT molecular complexity index is 3400. The third-order valence-corrected chi connectivity index (χ3v) is 16.6. The van der Waals surface area contributed by atoms with Gasteiger partial charge in [-0.15, -0.1) is 0 Å². The fourth-order valence-corrected chi connectivity index (χ4v) is 14.0. The summed E-state index contributed by atoms with van der Waals surface area (Å²) in [6.07, 6.45) is 3.90. The van der Waals surface area contributed by atoms with Gasteiger partial charge in [-0.3, -0.25) is 9.55 Å². The number of pyridine rings is 2. The number of furan rings is 1. The van der Waals surface area contributed by atoms with Crippen molar-refractivity contribution in [3.63, 3.8) is 0 Å². The summed E-state index contributed by atoms with van der Waals surface area (Å²) in [6, 6.07) is 69.8. The number of hydrogen-bond donors (Lipinski definition) is 0. The van der Waals surface area contributed by atoms with Crippen molar-refractivity contribution in [1.29, 1.82) is 0 Å². The Labute approximate surface area is 334 Å². The predicted molar refractivity (Wildman–Crippen MR) is 242 cm³/mol.